The summed E-state index contributed by atoms with van der Waals surface area (Å²) in [6.45, 7) is 3.40. The average molecular weight is 336 g/mol. The first kappa shape index (κ1) is 16.0. The molecule has 0 heterocycles. The first-order valence-electron chi connectivity index (χ1n) is 8.50. The highest BCUT2D eigenvalue weighted by Gasteiger charge is 2.71. The Bertz CT molecular complexity index is 711. The van der Waals surface area contributed by atoms with E-state index in [9.17, 15) is 19.4 Å². The van der Waals surface area contributed by atoms with Crippen molar-refractivity contribution in [3.8, 4) is 0 Å². The molecule has 4 aliphatic rings. The van der Waals surface area contributed by atoms with E-state index >= 15 is 4.39 Å². The summed E-state index contributed by atoms with van der Waals surface area (Å²) < 4.78 is 31.3. The van der Waals surface area contributed by atoms with E-state index in [1.165, 1.54) is 18.2 Å². The molecule has 2 saturated carbocycles. The van der Waals surface area contributed by atoms with E-state index in [-0.39, 0.29) is 35.9 Å². The van der Waals surface area contributed by atoms with E-state index in [0.29, 0.717) is 6.42 Å². The number of ketones is 1. The lowest BCUT2D eigenvalue weighted by molar-refractivity contribution is -0.196. The number of carbonyl (C=O) groups is 1. The first-order chi connectivity index (χ1) is 11.1. The lowest BCUT2D eigenvalue weighted by atomic mass is 9.45. The van der Waals surface area contributed by atoms with Gasteiger partial charge in [0.15, 0.2) is 11.5 Å². The van der Waals surface area contributed by atoms with Crippen LogP contribution in [-0.4, -0.2) is 33.9 Å². The lowest BCUT2D eigenvalue weighted by Gasteiger charge is -2.61. The molecule has 130 valence electrons. The van der Waals surface area contributed by atoms with Gasteiger partial charge in [0.1, 0.15) is 6.17 Å². The number of fused-ring (bicyclic) bond motifs is 5. The summed E-state index contributed by atoms with van der Waals surface area (Å²) in [6.07, 6.45) is 3.30. The number of carbonyl (C=O) groups excluding carboxylic acids is 1. The minimum absolute atomic E-state index is 0.0719. The quantitative estimate of drug-likeness (QED) is 0.713. The molecule has 0 saturated heterocycles. The van der Waals surface area contributed by atoms with E-state index in [4.69, 9.17) is 0 Å². The van der Waals surface area contributed by atoms with Crippen LogP contribution >= 0.6 is 0 Å². The van der Waals surface area contributed by atoms with Crippen molar-refractivity contribution in [2.24, 2.45) is 22.7 Å². The molecule has 4 aliphatic carbocycles. The van der Waals surface area contributed by atoms with Crippen molar-refractivity contribution in [2.75, 3.05) is 0 Å². The fraction of sp³-hybridized carbons (Fsp3) is 0.632. The third-order valence-corrected chi connectivity index (χ3v) is 7.17. The molecule has 0 spiro atoms. The van der Waals surface area contributed by atoms with Crippen LogP contribution in [0.1, 0.15) is 33.1 Å². The van der Waals surface area contributed by atoms with E-state index in [1.807, 2.05) is 6.92 Å². The van der Waals surface area contributed by atoms with Crippen molar-refractivity contribution >= 4 is 5.78 Å². The molecule has 2 N–H and O–H groups in total. The number of allylic oxidation sites excluding steroid dienone is 6. The van der Waals surface area contributed by atoms with Crippen LogP contribution in [0.25, 0.3) is 0 Å². The van der Waals surface area contributed by atoms with Crippen molar-refractivity contribution in [1.29, 1.82) is 0 Å². The minimum atomic E-state index is -2.05. The molecule has 0 aromatic carbocycles. The highest BCUT2D eigenvalue weighted by Crippen LogP contribution is 2.67. The van der Waals surface area contributed by atoms with E-state index in [1.54, 1.807) is 13.0 Å². The monoisotopic (exact) mass is 336 g/mol. The molecule has 7 unspecified atom stereocenters. The largest absolute Gasteiger partial charge is 0.512 e. The minimum Gasteiger partial charge on any atom is -0.512 e. The molecule has 2 fully saturated rings. The summed E-state index contributed by atoms with van der Waals surface area (Å²) >= 11 is 0. The third-order valence-electron chi connectivity index (χ3n) is 7.17. The molecule has 24 heavy (non-hydrogen) atoms. The molecule has 0 aromatic heterocycles. The van der Waals surface area contributed by atoms with Gasteiger partial charge in [-0.2, -0.15) is 0 Å². The summed E-state index contributed by atoms with van der Waals surface area (Å²) in [4.78, 5) is 11.7. The Labute approximate surface area is 139 Å². The zero-order chi connectivity index (χ0) is 17.5. The smallest absolute Gasteiger partial charge is 0.178 e. The van der Waals surface area contributed by atoms with Gasteiger partial charge < -0.3 is 10.2 Å². The fourth-order valence-electron chi connectivity index (χ4n) is 5.75. The molecule has 0 amide bonds. The summed E-state index contributed by atoms with van der Waals surface area (Å²) in [5.41, 5.74) is -3.99. The van der Waals surface area contributed by atoms with E-state index in [2.05, 4.69) is 0 Å². The van der Waals surface area contributed by atoms with Crippen molar-refractivity contribution < 1.29 is 23.8 Å². The summed E-state index contributed by atoms with van der Waals surface area (Å²) in [7, 11) is 0. The number of halogens is 2. The maximum atomic E-state index is 16.4. The Balaban J connectivity index is 1.87. The fourth-order valence-corrected chi connectivity index (χ4v) is 5.75. The zero-order valence-corrected chi connectivity index (χ0v) is 13.8. The molecule has 0 bridgehead atoms. The maximum absolute atomic E-state index is 16.4. The molecule has 4 rings (SSSR count). The second kappa shape index (κ2) is 4.57. The molecule has 0 radical (unpaired) electrons. The van der Waals surface area contributed by atoms with E-state index in [0.717, 1.165) is 0 Å². The van der Waals surface area contributed by atoms with Gasteiger partial charge in [-0.15, -0.1) is 0 Å². The topological polar surface area (TPSA) is 57.5 Å². The predicted octanol–water partition coefficient (Wildman–Crippen LogP) is 3.36. The van der Waals surface area contributed by atoms with E-state index < -0.39 is 34.7 Å². The zero-order valence-electron chi connectivity index (χ0n) is 13.8. The van der Waals surface area contributed by atoms with Crippen molar-refractivity contribution in [3.05, 3.63) is 35.6 Å². The van der Waals surface area contributed by atoms with Crippen molar-refractivity contribution in [2.45, 2.75) is 51.1 Å². The molecule has 7 atom stereocenters. The van der Waals surface area contributed by atoms with Gasteiger partial charge >= 0.3 is 0 Å². The van der Waals surface area contributed by atoms with Gasteiger partial charge in [0.05, 0.1) is 11.9 Å². The Morgan fingerprint density at radius 3 is 2.71 bits per heavy atom. The van der Waals surface area contributed by atoms with Gasteiger partial charge in [0.25, 0.3) is 0 Å². The van der Waals surface area contributed by atoms with Crippen LogP contribution in [-0.2, 0) is 4.79 Å². The number of hydrogen-bond donors (Lipinski definition) is 2. The lowest BCUT2D eigenvalue weighted by Crippen LogP contribution is -2.68. The third kappa shape index (κ3) is 1.62. The van der Waals surface area contributed by atoms with Crippen LogP contribution in [0.2, 0.25) is 0 Å². The molecular weight excluding hydrogens is 314 g/mol. The van der Waals surface area contributed by atoms with Gasteiger partial charge in [-0.25, -0.2) is 8.78 Å². The Kier molecular flexibility index (Phi) is 3.05. The number of alkyl halides is 2. The molecule has 3 nitrogen and oxygen atoms in total. The maximum Gasteiger partial charge on any atom is 0.178 e. The van der Waals surface area contributed by atoms with Crippen molar-refractivity contribution in [1.82, 2.24) is 0 Å². The Morgan fingerprint density at radius 2 is 2.00 bits per heavy atom. The van der Waals surface area contributed by atoms with Crippen LogP contribution in [0.3, 0.4) is 0 Å². The van der Waals surface area contributed by atoms with Gasteiger partial charge in [-0.05, 0) is 55.9 Å². The van der Waals surface area contributed by atoms with Crippen LogP contribution < -0.4 is 0 Å². The number of hydrogen-bond acceptors (Lipinski definition) is 3. The predicted molar refractivity (Wildman–Crippen MR) is 84.7 cm³/mol. The molecular formula is C19H22F2O3. The summed E-state index contributed by atoms with van der Waals surface area (Å²) in [6, 6.07) is 0. The second-order valence-corrected chi connectivity index (χ2v) is 8.18. The standard InChI is InChI=1S/C19H22F2O3/c1-17-9-16(24)19(21)12(11(17)3-4-15(17)23)8-14(20)13-7-10(22)5-6-18(13,19)2/h4-7,11-12,14,16,23-24H,3,8-9H2,1-2H3. The highest BCUT2D eigenvalue weighted by molar-refractivity contribution is 6.01. The second-order valence-electron chi connectivity index (χ2n) is 8.18. The van der Waals surface area contributed by atoms with Gasteiger partial charge in [0, 0.05) is 16.7 Å². The Morgan fingerprint density at radius 1 is 1.29 bits per heavy atom. The van der Waals surface area contributed by atoms with Gasteiger partial charge in [-0.1, -0.05) is 13.0 Å². The van der Waals surface area contributed by atoms with Crippen LogP contribution in [0, 0.1) is 22.7 Å². The number of aliphatic hydroxyl groups is 2. The normalized spacial score (nSPS) is 53.0. The van der Waals surface area contributed by atoms with Crippen molar-refractivity contribution in [3.63, 3.8) is 0 Å². The molecule has 0 aromatic rings. The number of rotatable bonds is 0. The first-order valence-corrected chi connectivity index (χ1v) is 8.50. The van der Waals surface area contributed by atoms with Crippen LogP contribution in [0.5, 0.6) is 0 Å². The van der Waals surface area contributed by atoms with Gasteiger partial charge in [0.2, 0.25) is 0 Å². The molecule has 0 aliphatic heterocycles. The summed E-state index contributed by atoms with van der Waals surface area (Å²) in [5.74, 6) is -1.15. The highest BCUT2D eigenvalue weighted by atomic mass is 19.1. The molecule has 5 heteroatoms. The summed E-state index contributed by atoms with van der Waals surface area (Å²) in [5, 5.41) is 21.0. The van der Waals surface area contributed by atoms with Gasteiger partial charge in [-0.3, -0.25) is 4.79 Å². The number of aliphatic hydroxyl groups excluding tert-OH is 2. The van der Waals surface area contributed by atoms with Crippen LogP contribution in [0.15, 0.2) is 35.6 Å². The Hall–Kier alpha value is -1.49. The SMILES string of the molecule is CC12CC(O)C3(F)C(CC(F)C4=CC(=O)C=CC43C)C1CC=C2O. The van der Waals surface area contributed by atoms with Crippen LogP contribution in [0.4, 0.5) is 8.78 Å². The average Bonchev–Trinajstić information content (AvgIpc) is 2.80.